The predicted octanol–water partition coefficient (Wildman–Crippen LogP) is 0.223. The fourth-order valence-corrected chi connectivity index (χ4v) is 2.41. The molecule has 17 heavy (non-hydrogen) atoms. The number of piperidine rings is 1. The first-order valence-electron chi connectivity index (χ1n) is 6.30. The first-order chi connectivity index (χ1) is 8.31. The Labute approximate surface area is 102 Å². The van der Waals surface area contributed by atoms with E-state index in [4.69, 9.17) is 10.00 Å². The lowest BCUT2D eigenvalue weighted by Gasteiger charge is -2.34. The molecule has 5 heteroatoms. The second kappa shape index (κ2) is 5.99. The number of hydrogen-bond donors (Lipinski definition) is 0. The molecule has 0 aliphatic carbocycles. The van der Waals surface area contributed by atoms with Gasteiger partial charge in [0, 0.05) is 13.1 Å². The fraction of sp³-hybridized carbons (Fsp3) is 0.833. The van der Waals surface area contributed by atoms with Gasteiger partial charge >= 0.3 is 0 Å². The van der Waals surface area contributed by atoms with E-state index in [1.807, 2.05) is 9.80 Å². The SMILES string of the molecule is N#CC1CCCCN1CC(=O)N1CCOCC1. The molecule has 0 aromatic rings. The molecule has 0 bridgehead atoms. The third-order valence-electron chi connectivity index (χ3n) is 3.46. The normalized spacial score (nSPS) is 26.5. The maximum absolute atomic E-state index is 12.0. The summed E-state index contributed by atoms with van der Waals surface area (Å²) >= 11 is 0. The summed E-state index contributed by atoms with van der Waals surface area (Å²) in [7, 11) is 0. The van der Waals surface area contributed by atoms with E-state index in [2.05, 4.69) is 6.07 Å². The highest BCUT2D eigenvalue weighted by Crippen LogP contribution is 2.16. The van der Waals surface area contributed by atoms with Gasteiger partial charge in [-0.2, -0.15) is 5.26 Å². The summed E-state index contributed by atoms with van der Waals surface area (Å²) in [4.78, 5) is 15.9. The lowest BCUT2D eigenvalue weighted by Crippen LogP contribution is -2.49. The van der Waals surface area contributed by atoms with Gasteiger partial charge < -0.3 is 9.64 Å². The summed E-state index contributed by atoms with van der Waals surface area (Å²) in [6.45, 7) is 3.89. The van der Waals surface area contributed by atoms with E-state index in [1.165, 1.54) is 0 Å². The highest BCUT2D eigenvalue weighted by molar-refractivity contribution is 5.78. The molecule has 2 fully saturated rings. The van der Waals surface area contributed by atoms with E-state index in [-0.39, 0.29) is 11.9 Å². The molecule has 5 nitrogen and oxygen atoms in total. The van der Waals surface area contributed by atoms with Crippen LogP contribution in [0.3, 0.4) is 0 Å². The lowest BCUT2D eigenvalue weighted by atomic mass is 10.0. The van der Waals surface area contributed by atoms with Gasteiger partial charge in [-0.3, -0.25) is 9.69 Å². The Morgan fingerprint density at radius 2 is 2.06 bits per heavy atom. The number of carbonyl (C=O) groups is 1. The van der Waals surface area contributed by atoms with Crippen molar-refractivity contribution in [2.24, 2.45) is 0 Å². The molecule has 94 valence electrons. The number of carbonyl (C=O) groups excluding carboxylic acids is 1. The van der Waals surface area contributed by atoms with Gasteiger partial charge in [-0.1, -0.05) is 0 Å². The zero-order valence-corrected chi connectivity index (χ0v) is 10.1. The number of likely N-dealkylation sites (tertiary alicyclic amines) is 1. The second-order valence-electron chi connectivity index (χ2n) is 4.60. The number of nitriles is 1. The summed E-state index contributed by atoms with van der Waals surface area (Å²) in [5.41, 5.74) is 0. The summed E-state index contributed by atoms with van der Waals surface area (Å²) in [5.74, 6) is 0.135. The molecule has 2 aliphatic rings. The number of rotatable bonds is 2. The summed E-state index contributed by atoms with van der Waals surface area (Å²) in [6.07, 6.45) is 3.09. The number of amides is 1. The molecule has 0 aromatic carbocycles. The molecule has 1 unspecified atom stereocenters. The Hall–Kier alpha value is -1.12. The zero-order chi connectivity index (χ0) is 12.1. The molecule has 2 saturated heterocycles. The number of ether oxygens (including phenoxy) is 1. The average molecular weight is 237 g/mol. The standard InChI is InChI=1S/C12H19N3O2/c13-9-11-3-1-2-4-15(11)10-12(16)14-5-7-17-8-6-14/h11H,1-8,10H2. The van der Waals surface area contributed by atoms with Crippen LogP contribution in [0.15, 0.2) is 0 Å². The second-order valence-corrected chi connectivity index (χ2v) is 4.60. The average Bonchev–Trinajstić information content (AvgIpc) is 2.40. The maximum atomic E-state index is 12.0. The van der Waals surface area contributed by atoms with Gasteiger partial charge in [-0.05, 0) is 25.8 Å². The molecule has 0 N–H and O–H groups in total. The van der Waals surface area contributed by atoms with Crippen LogP contribution in [0.1, 0.15) is 19.3 Å². The quantitative estimate of drug-likeness (QED) is 0.689. The minimum Gasteiger partial charge on any atom is -0.378 e. The van der Waals surface area contributed by atoms with Crippen molar-refractivity contribution in [1.29, 1.82) is 5.26 Å². The maximum Gasteiger partial charge on any atom is 0.236 e. The number of hydrogen-bond acceptors (Lipinski definition) is 4. The number of nitrogens with zero attached hydrogens (tertiary/aromatic N) is 3. The van der Waals surface area contributed by atoms with E-state index in [0.29, 0.717) is 32.8 Å². The van der Waals surface area contributed by atoms with E-state index in [0.717, 1.165) is 25.8 Å². The Morgan fingerprint density at radius 3 is 2.76 bits per heavy atom. The van der Waals surface area contributed by atoms with E-state index in [1.54, 1.807) is 0 Å². The molecule has 1 atom stereocenters. The molecule has 2 rings (SSSR count). The minimum absolute atomic E-state index is 0.0752. The van der Waals surface area contributed by atoms with Crippen LogP contribution >= 0.6 is 0 Å². The van der Waals surface area contributed by atoms with Crippen LogP contribution in [-0.2, 0) is 9.53 Å². The molecule has 0 aromatic heterocycles. The summed E-state index contributed by atoms with van der Waals surface area (Å²) in [5, 5.41) is 9.05. The molecule has 2 heterocycles. The van der Waals surface area contributed by atoms with Gasteiger partial charge in [0.1, 0.15) is 0 Å². The van der Waals surface area contributed by atoms with Crippen molar-refractivity contribution in [3.05, 3.63) is 0 Å². The van der Waals surface area contributed by atoms with Crippen LogP contribution < -0.4 is 0 Å². The molecule has 2 aliphatic heterocycles. The van der Waals surface area contributed by atoms with Gasteiger partial charge in [0.15, 0.2) is 0 Å². The van der Waals surface area contributed by atoms with Gasteiger partial charge in [0.25, 0.3) is 0 Å². The van der Waals surface area contributed by atoms with Gasteiger partial charge in [0.2, 0.25) is 5.91 Å². The third kappa shape index (κ3) is 3.18. The van der Waals surface area contributed by atoms with Crippen molar-refractivity contribution in [3.63, 3.8) is 0 Å². The molecule has 1 amide bonds. The van der Waals surface area contributed by atoms with Crippen LogP contribution in [0, 0.1) is 11.3 Å². The molecular weight excluding hydrogens is 218 g/mol. The highest BCUT2D eigenvalue weighted by atomic mass is 16.5. The van der Waals surface area contributed by atoms with Crippen molar-refractivity contribution in [3.8, 4) is 6.07 Å². The zero-order valence-electron chi connectivity index (χ0n) is 10.1. The van der Waals surface area contributed by atoms with Crippen molar-refractivity contribution >= 4 is 5.91 Å². The van der Waals surface area contributed by atoms with Crippen molar-refractivity contribution in [2.75, 3.05) is 39.4 Å². The first kappa shape index (κ1) is 12.3. The smallest absolute Gasteiger partial charge is 0.236 e. The largest absolute Gasteiger partial charge is 0.378 e. The predicted molar refractivity (Wildman–Crippen MR) is 62.2 cm³/mol. The molecule has 0 spiro atoms. The summed E-state index contributed by atoms with van der Waals surface area (Å²) in [6, 6.07) is 2.22. The highest BCUT2D eigenvalue weighted by Gasteiger charge is 2.26. The Kier molecular flexibility index (Phi) is 4.35. The van der Waals surface area contributed by atoms with Crippen LogP contribution in [0.2, 0.25) is 0 Å². The third-order valence-corrected chi connectivity index (χ3v) is 3.46. The lowest BCUT2D eigenvalue weighted by molar-refractivity contribution is -0.137. The van der Waals surface area contributed by atoms with E-state index >= 15 is 0 Å². The van der Waals surface area contributed by atoms with Crippen molar-refractivity contribution < 1.29 is 9.53 Å². The molecule has 0 radical (unpaired) electrons. The van der Waals surface area contributed by atoms with Crippen molar-refractivity contribution in [1.82, 2.24) is 9.80 Å². The Morgan fingerprint density at radius 1 is 1.29 bits per heavy atom. The van der Waals surface area contributed by atoms with Crippen LogP contribution in [0.4, 0.5) is 0 Å². The topological polar surface area (TPSA) is 56.6 Å². The van der Waals surface area contributed by atoms with Gasteiger partial charge in [-0.25, -0.2) is 0 Å². The van der Waals surface area contributed by atoms with Crippen molar-refractivity contribution in [2.45, 2.75) is 25.3 Å². The number of morpholine rings is 1. The van der Waals surface area contributed by atoms with Gasteiger partial charge in [0.05, 0.1) is 31.9 Å². The van der Waals surface area contributed by atoms with Crippen LogP contribution in [0.25, 0.3) is 0 Å². The molecular formula is C12H19N3O2. The summed E-state index contributed by atoms with van der Waals surface area (Å²) < 4.78 is 5.22. The van der Waals surface area contributed by atoms with Crippen LogP contribution in [0.5, 0.6) is 0 Å². The Balaban J connectivity index is 1.86. The minimum atomic E-state index is -0.0752. The monoisotopic (exact) mass is 237 g/mol. The first-order valence-corrected chi connectivity index (χ1v) is 6.30. The Bertz CT molecular complexity index is 307. The van der Waals surface area contributed by atoms with E-state index in [9.17, 15) is 4.79 Å². The van der Waals surface area contributed by atoms with Gasteiger partial charge in [-0.15, -0.1) is 0 Å². The fourth-order valence-electron chi connectivity index (χ4n) is 2.41. The molecule has 0 saturated carbocycles. The van der Waals surface area contributed by atoms with Crippen LogP contribution in [-0.4, -0.2) is 61.1 Å². The van der Waals surface area contributed by atoms with E-state index < -0.39 is 0 Å².